The topological polar surface area (TPSA) is 61.8 Å². The predicted molar refractivity (Wildman–Crippen MR) is 119 cm³/mol. The molecule has 1 amide bonds. The van der Waals surface area contributed by atoms with Crippen LogP contribution in [-0.2, 0) is 9.53 Å². The first kappa shape index (κ1) is 22.0. The summed E-state index contributed by atoms with van der Waals surface area (Å²) in [6.07, 6.45) is 9.09. The molecule has 1 aromatic rings. The molecule has 1 aromatic heterocycles. The fraction of sp³-hybridized carbons (Fsp3) is 0.522. The molecule has 0 aromatic carbocycles. The van der Waals surface area contributed by atoms with Crippen LogP contribution in [0.4, 0.5) is 5.82 Å². The van der Waals surface area contributed by atoms with E-state index in [-0.39, 0.29) is 5.91 Å². The third kappa shape index (κ3) is 5.47. The Morgan fingerprint density at radius 1 is 1.10 bits per heavy atom. The van der Waals surface area contributed by atoms with E-state index < -0.39 is 0 Å². The number of piperazine rings is 1. The number of carbonyl (C=O) groups excluding carboxylic acids is 1. The molecule has 2 saturated heterocycles. The number of nitrogens with zero attached hydrogens (tertiary/aromatic N) is 5. The zero-order valence-corrected chi connectivity index (χ0v) is 18.2. The summed E-state index contributed by atoms with van der Waals surface area (Å²) in [5.74, 6) is 3.28. The van der Waals surface area contributed by atoms with Crippen molar-refractivity contribution in [2.75, 3.05) is 57.4 Å². The van der Waals surface area contributed by atoms with Crippen LogP contribution in [0.2, 0.25) is 0 Å². The van der Waals surface area contributed by atoms with E-state index in [0.29, 0.717) is 37.9 Å². The van der Waals surface area contributed by atoms with Crippen LogP contribution in [0.3, 0.4) is 0 Å². The number of anilines is 1. The van der Waals surface area contributed by atoms with Gasteiger partial charge in [-0.05, 0) is 44.6 Å². The van der Waals surface area contributed by atoms with E-state index in [4.69, 9.17) is 11.2 Å². The number of terminal acetylenes is 1. The molecule has 2 aliphatic rings. The summed E-state index contributed by atoms with van der Waals surface area (Å²) in [6, 6.07) is 4.55. The number of rotatable bonds is 5. The van der Waals surface area contributed by atoms with Gasteiger partial charge in [-0.2, -0.15) is 0 Å². The van der Waals surface area contributed by atoms with Crippen LogP contribution in [0.1, 0.15) is 26.5 Å². The number of allylic oxidation sites excluding steroid dienone is 3. The molecule has 0 atom stereocenters. The SMILES string of the molecule is C#C/C(=C\C=C(/C)c1ccc(N2CCN(C(C)C)CC2)nn1)C(=O)N1CCOCC1. The standard InChI is InChI=1S/C23H31N5O2/c1-5-20(23(29)28-14-16-30-17-15-28)7-6-19(4)21-8-9-22(25-24-21)27-12-10-26(11-13-27)18(2)3/h1,6-9,18H,10-17H2,2-4H3/b19-6+,20-7+. The molecule has 0 aliphatic carbocycles. The second-order valence-corrected chi connectivity index (χ2v) is 7.87. The van der Waals surface area contributed by atoms with Crippen LogP contribution in [0.15, 0.2) is 29.9 Å². The molecule has 0 radical (unpaired) electrons. The molecule has 0 spiro atoms. The molecule has 0 N–H and O–H groups in total. The maximum absolute atomic E-state index is 12.6. The second kappa shape index (κ2) is 10.4. The maximum atomic E-state index is 12.6. The van der Waals surface area contributed by atoms with Gasteiger partial charge in [0.2, 0.25) is 0 Å². The molecule has 0 bridgehead atoms. The Balaban J connectivity index is 1.64. The van der Waals surface area contributed by atoms with E-state index in [1.165, 1.54) is 0 Å². The average Bonchev–Trinajstić information content (AvgIpc) is 2.80. The highest BCUT2D eigenvalue weighted by molar-refractivity contribution is 5.98. The number of hydrogen-bond acceptors (Lipinski definition) is 6. The van der Waals surface area contributed by atoms with Gasteiger partial charge in [0.05, 0.1) is 24.5 Å². The summed E-state index contributed by atoms with van der Waals surface area (Å²) in [6.45, 7) is 12.6. The third-order valence-corrected chi connectivity index (χ3v) is 5.61. The lowest BCUT2D eigenvalue weighted by molar-refractivity contribution is -0.130. The van der Waals surface area contributed by atoms with Gasteiger partial charge in [0.15, 0.2) is 5.82 Å². The van der Waals surface area contributed by atoms with Crippen LogP contribution < -0.4 is 4.90 Å². The van der Waals surface area contributed by atoms with Gasteiger partial charge in [0.25, 0.3) is 5.91 Å². The molecule has 30 heavy (non-hydrogen) atoms. The predicted octanol–water partition coefficient (Wildman–Crippen LogP) is 1.83. The van der Waals surface area contributed by atoms with Gasteiger partial charge in [0.1, 0.15) is 0 Å². The van der Waals surface area contributed by atoms with E-state index in [1.54, 1.807) is 11.0 Å². The number of aromatic nitrogens is 2. The maximum Gasteiger partial charge on any atom is 0.262 e. The van der Waals surface area contributed by atoms with Crippen molar-refractivity contribution in [2.24, 2.45) is 0 Å². The Morgan fingerprint density at radius 3 is 2.37 bits per heavy atom. The van der Waals surface area contributed by atoms with Crippen molar-refractivity contribution in [1.29, 1.82) is 0 Å². The summed E-state index contributed by atoms with van der Waals surface area (Å²) >= 11 is 0. The highest BCUT2D eigenvalue weighted by atomic mass is 16.5. The summed E-state index contributed by atoms with van der Waals surface area (Å²) in [4.78, 5) is 19.0. The van der Waals surface area contributed by atoms with Crippen LogP contribution in [0.25, 0.3) is 5.57 Å². The van der Waals surface area contributed by atoms with Crippen molar-refractivity contribution < 1.29 is 9.53 Å². The van der Waals surface area contributed by atoms with Gasteiger partial charge in [-0.15, -0.1) is 16.6 Å². The lowest BCUT2D eigenvalue weighted by atomic mass is 10.1. The number of amides is 1. The number of ether oxygens (including phenoxy) is 1. The molecule has 3 heterocycles. The Bertz CT molecular complexity index is 824. The fourth-order valence-corrected chi connectivity index (χ4v) is 3.58. The highest BCUT2D eigenvalue weighted by Gasteiger charge is 2.20. The smallest absolute Gasteiger partial charge is 0.262 e. The molecular weight excluding hydrogens is 378 g/mol. The lowest BCUT2D eigenvalue weighted by Gasteiger charge is -2.37. The van der Waals surface area contributed by atoms with Gasteiger partial charge in [0, 0.05) is 45.3 Å². The first-order chi connectivity index (χ1) is 14.5. The Labute approximate surface area is 179 Å². The second-order valence-electron chi connectivity index (χ2n) is 7.87. The molecule has 3 rings (SSSR count). The minimum Gasteiger partial charge on any atom is -0.378 e. The van der Waals surface area contributed by atoms with Crippen LogP contribution in [0, 0.1) is 12.3 Å². The molecule has 2 aliphatic heterocycles. The fourth-order valence-electron chi connectivity index (χ4n) is 3.58. The van der Waals surface area contributed by atoms with Crippen LogP contribution in [0.5, 0.6) is 0 Å². The van der Waals surface area contributed by atoms with Crippen molar-refractivity contribution >= 4 is 17.3 Å². The van der Waals surface area contributed by atoms with Crippen molar-refractivity contribution in [3.05, 3.63) is 35.6 Å². The monoisotopic (exact) mass is 409 g/mol. The summed E-state index contributed by atoms with van der Waals surface area (Å²) in [5, 5.41) is 8.80. The van der Waals surface area contributed by atoms with E-state index >= 15 is 0 Å². The average molecular weight is 410 g/mol. The number of carbonyl (C=O) groups is 1. The minimum atomic E-state index is -0.133. The molecule has 160 valence electrons. The molecule has 7 nitrogen and oxygen atoms in total. The highest BCUT2D eigenvalue weighted by Crippen LogP contribution is 2.17. The van der Waals surface area contributed by atoms with Crippen molar-refractivity contribution in [2.45, 2.75) is 26.8 Å². The van der Waals surface area contributed by atoms with Gasteiger partial charge >= 0.3 is 0 Å². The van der Waals surface area contributed by atoms with Crippen molar-refractivity contribution in [3.8, 4) is 12.3 Å². The van der Waals surface area contributed by atoms with Gasteiger partial charge < -0.3 is 14.5 Å². The van der Waals surface area contributed by atoms with E-state index in [0.717, 1.165) is 43.3 Å². The lowest BCUT2D eigenvalue weighted by Crippen LogP contribution is -2.49. The van der Waals surface area contributed by atoms with Crippen LogP contribution >= 0.6 is 0 Å². The number of morpholine rings is 1. The van der Waals surface area contributed by atoms with Gasteiger partial charge in [-0.25, -0.2) is 0 Å². The molecule has 0 unspecified atom stereocenters. The Hall–Kier alpha value is -2.69. The van der Waals surface area contributed by atoms with Crippen molar-refractivity contribution in [1.82, 2.24) is 20.0 Å². The molecular formula is C23H31N5O2. The van der Waals surface area contributed by atoms with Crippen molar-refractivity contribution in [3.63, 3.8) is 0 Å². The first-order valence-electron chi connectivity index (χ1n) is 10.5. The Kier molecular flexibility index (Phi) is 7.61. The van der Waals surface area contributed by atoms with E-state index in [9.17, 15) is 4.79 Å². The zero-order chi connectivity index (χ0) is 21.5. The summed E-state index contributed by atoms with van der Waals surface area (Å²) < 4.78 is 5.29. The van der Waals surface area contributed by atoms with E-state index in [1.807, 2.05) is 25.1 Å². The minimum absolute atomic E-state index is 0.133. The normalized spacial score (nSPS) is 19.2. The zero-order valence-electron chi connectivity index (χ0n) is 18.2. The molecule has 7 heteroatoms. The largest absolute Gasteiger partial charge is 0.378 e. The third-order valence-electron chi connectivity index (χ3n) is 5.61. The van der Waals surface area contributed by atoms with Gasteiger partial charge in [-0.3, -0.25) is 9.69 Å². The quantitative estimate of drug-likeness (QED) is 0.420. The number of hydrogen-bond donors (Lipinski definition) is 0. The summed E-state index contributed by atoms with van der Waals surface area (Å²) in [7, 11) is 0. The van der Waals surface area contributed by atoms with Crippen LogP contribution in [-0.4, -0.2) is 84.4 Å². The molecule has 2 fully saturated rings. The van der Waals surface area contributed by atoms with E-state index in [2.05, 4.69) is 39.8 Å². The van der Waals surface area contributed by atoms with Gasteiger partial charge in [-0.1, -0.05) is 12.0 Å². The Morgan fingerprint density at radius 2 is 1.80 bits per heavy atom. The first-order valence-corrected chi connectivity index (χ1v) is 10.5. The summed E-state index contributed by atoms with van der Waals surface area (Å²) in [5.41, 5.74) is 2.01. The molecule has 0 saturated carbocycles.